The van der Waals surface area contributed by atoms with Crippen LogP contribution < -0.4 is 10.7 Å². The van der Waals surface area contributed by atoms with E-state index < -0.39 is 34.2 Å². The van der Waals surface area contributed by atoms with Crippen molar-refractivity contribution in [1.29, 1.82) is 0 Å². The number of hydrogen-bond donors (Lipinski definition) is 12. The Morgan fingerprint density at radius 3 is 1.44 bits per heavy atom. The highest BCUT2D eigenvalue weighted by Crippen LogP contribution is 2.39. The molecule has 0 fully saturated rings. The number of para-hydroxylation sites is 1. The number of fused-ring (bicyclic) bond motifs is 1. The third-order valence-corrected chi connectivity index (χ3v) is 5.34. The van der Waals surface area contributed by atoms with Gasteiger partial charge in [-0.3, -0.25) is 9.59 Å². The zero-order valence-electron chi connectivity index (χ0n) is 23.3. The summed E-state index contributed by atoms with van der Waals surface area (Å²) in [6.45, 7) is 1.44. The molecule has 5 aromatic rings. The van der Waals surface area contributed by atoms with Crippen LogP contribution in [0.4, 0.5) is 5.69 Å². The van der Waals surface area contributed by atoms with E-state index in [2.05, 4.69) is 5.32 Å². The summed E-state index contributed by atoms with van der Waals surface area (Å²) in [7, 11) is 0. The van der Waals surface area contributed by atoms with Crippen LogP contribution in [0.2, 0.25) is 0 Å². The first-order valence-electron chi connectivity index (χ1n) is 12.5. The molecule has 0 bridgehead atoms. The average Bonchev–Trinajstić information content (AvgIpc) is 3.09. The molecule has 0 saturated heterocycles. The van der Waals surface area contributed by atoms with E-state index in [1.54, 1.807) is 12.1 Å². The van der Waals surface area contributed by atoms with Gasteiger partial charge in [0.25, 0.3) is 0 Å². The topological polar surface area (TPSA) is 269 Å². The van der Waals surface area contributed by atoms with E-state index in [-0.39, 0.29) is 51.2 Å². The predicted molar refractivity (Wildman–Crippen MR) is 162 cm³/mol. The van der Waals surface area contributed by atoms with E-state index in [1.165, 1.54) is 49.4 Å². The van der Waals surface area contributed by atoms with Gasteiger partial charge in [0.05, 0.1) is 5.39 Å². The van der Waals surface area contributed by atoms with Gasteiger partial charge >= 0.3 is 0 Å². The molecule has 5 aromatic carbocycles. The van der Waals surface area contributed by atoms with Crippen molar-refractivity contribution in [3.63, 3.8) is 0 Å². The second-order valence-corrected chi connectivity index (χ2v) is 8.88. The van der Waals surface area contributed by atoms with Crippen molar-refractivity contribution in [3.05, 3.63) is 95.2 Å². The van der Waals surface area contributed by atoms with Gasteiger partial charge in [-0.15, -0.1) is 0 Å². The van der Waals surface area contributed by atoms with Gasteiger partial charge in [0, 0.05) is 30.8 Å². The third-order valence-electron chi connectivity index (χ3n) is 5.34. The maximum atomic E-state index is 11.6. The number of nitrogens with one attached hydrogen (secondary N) is 1. The molecule has 236 valence electrons. The number of benzene rings is 4. The molecule has 45 heavy (non-hydrogen) atoms. The number of rotatable bonds is 1. The summed E-state index contributed by atoms with van der Waals surface area (Å²) in [5.41, 5.74) is -0.122. The maximum absolute atomic E-state index is 11.6. The Morgan fingerprint density at radius 2 is 0.978 bits per heavy atom. The molecule has 5 rings (SSSR count). The van der Waals surface area contributed by atoms with Crippen LogP contribution in [0, 0.1) is 0 Å². The van der Waals surface area contributed by atoms with E-state index in [0.29, 0.717) is 5.69 Å². The average molecular weight is 624 g/mol. The van der Waals surface area contributed by atoms with Gasteiger partial charge in [-0.05, 0) is 53.9 Å². The molecule has 14 heteroatoms. The molecule has 0 aromatic heterocycles. The largest absolute Gasteiger partial charge is 0.508 e. The van der Waals surface area contributed by atoms with Crippen LogP contribution in [-0.2, 0) is 4.79 Å². The Hall–Kier alpha value is -6.70. The van der Waals surface area contributed by atoms with E-state index in [0.717, 1.165) is 30.3 Å². The number of carbonyl (C=O) groups excluding carboxylic acids is 1. The Bertz CT molecular complexity index is 1770. The second kappa shape index (κ2) is 15.5. The lowest BCUT2D eigenvalue weighted by Crippen LogP contribution is -2.04. The molecular formula is C31H29NO13. The van der Waals surface area contributed by atoms with Crippen molar-refractivity contribution in [2.24, 2.45) is 0 Å². The maximum Gasteiger partial charge on any atom is 0.231 e. The molecule has 0 radical (unpaired) electrons. The molecule has 0 aliphatic heterocycles. The zero-order chi connectivity index (χ0) is 33.8. The molecule has 0 aliphatic rings. The van der Waals surface area contributed by atoms with Gasteiger partial charge < -0.3 is 61.5 Å². The smallest absolute Gasteiger partial charge is 0.231 e. The normalized spacial score (nSPS) is 9.71. The molecule has 12 N–H and O–H groups in total. The van der Waals surface area contributed by atoms with E-state index in [9.17, 15) is 30.0 Å². The first-order chi connectivity index (χ1) is 21.1. The summed E-state index contributed by atoms with van der Waals surface area (Å²) in [5.74, 6) is -4.06. The molecule has 14 nitrogen and oxygen atoms in total. The van der Waals surface area contributed by atoms with Crippen LogP contribution in [0.1, 0.15) is 6.92 Å². The van der Waals surface area contributed by atoms with Gasteiger partial charge in [-0.2, -0.15) is 0 Å². The fourth-order valence-electron chi connectivity index (χ4n) is 3.33. The van der Waals surface area contributed by atoms with Crippen LogP contribution in [0.25, 0.3) is 10.8 Å². The summed E-state index contributed by atoms with van der Waals surface area (Å²) >= 11 is 0. The SMILES string of the molecule is CC(=O)Nc1ccc(O)cc1.O=c1c(O)cccc2cc(O)c(O)c(O)c12.Oc1cc(O)cc(O)c1.Oc1cccc(O)c1O. The molecule has 0 spiro atoms. The highest BCUT2D eigenvalue weighted by Gasteiger charge is 2.14. The molecule has 1 amide bonds. The van der Waals surface area contributed by atoms with Crippen molar-refractivity contribution >= 4 is 22.4 Å². The van der Waals surface area contributed by atoms with Gasteiger partial charge in [0.1, 0.15) is 23.0 Å². The Morgan fingerprint density at radius 1 is 0.511 bits per heavy atom. The highest BCUT2D eigenvalue weighted by molar-refractivity contribution is 5.92. The van der Waals surface area contributed by atoms with E-state index in [1.807, 2.05) is 0 Å². The Kier molecular flexibility index (Phi) is 11.9. The van der Waals surface area contributed by atoms with Crippen molar-refractivity contribution in [3.8, 4) is 63.2 Å². The minimum absolute atomic E-state index is 0.115. The summed E-state index contributed by atoms with van der Waals surface area (Å²) in [6.07, 6.45) is 0. The fourth-order valence-corrected chi connectivity index (χ4v) is 3.33. The van der Waals surface area contributed by atoms with Gasteiger partial charge in [0.15, 0.2) is 34.5 Å². The lowest BCUT2D eigenvalue weighted by Gasteiger charge is -2.02. The molecule has 0 heterocycles. The van der Waals surface area contributed by atoms with Crippen molar-refractivity contribution < 1.29 is 61.0 Å². The highest BCUT2D eigenvalue weighted by atomic mass is 16.3. The number of phenolic OH excluding ortho intramolecular Hbond substituents is 10. The third kappa shape index (κ3) is 10.3. The predicted octanol–water partition coefficient (Wildman–Crippen LogP) is 3.98. The van der Waals surface area contributed by atoms with Gasteiger partial charge in [-0.1, -0.05) is 18.2 Å². The van der Waals surface area contributed by atoms with Crippen molar-refractivity contribution in [2.75, 3.05) is 5.32 Å². The number of carbonyl (C=O) groups is 1. The van der Waals surface area contributed by atoms with Crippen LogP contribution in [0.3, 0.4) is 0 Å². The van der Waals surface area contributed by atoms with Crippen LogP contribution >= 0.6 is 0 Å². The molecule has 0 atom stereocenters. The van der Waals surface area contributed by atoms with Crippen molar-refractivity contribution in [2.45, 2.75) is 6.92 Å². The minimum Gasteiger partial charge on any atom is -0.508 e. The quantitative estimate of drug-likeness (QED) is 0.0931. The Balaban J connectivity index is 0.000000216. The standard InChI is InChI=1S/C11H8O5.C8H9NO2.2C6H6O3/c12-6-3-1-2-5-4-7(13)10(15)11(16)8(5)9(6)14;1-6(10)9-7-2-4-8(11)5-3-7;7-4-1-5(8)3-6(9)2-4;7-4-2-1-3-5(8)6(4)9/h1-4,13,15-16H,(H,12,14);2-5,11H,1H3,(H,9,10);2*1-3,7-9H. The summed E-state index contributed by atoms with van der Waals surface area (Å²) in [4.78, 5) is 22.1. The minimum atomic E-state index is -0.812. The monoisotopic (exact) mass is 623 g/mol. The number of aromatic hydroxyl groups is 11. The summed E-state index contributed by atoms with van der Waals surface area (Å²) in [6, 6.07) is 18.9. The molecule has 0 unspecified atom stereocenters. The number of amides is 1. The molecule has 0 saturated carbocycles. The van der Waals surface area contributed by atoms with Crippen molar-refractivity contribution in [1.82, 2.24) is 0 Å². The van der Waals surface area contributed by atoms with Gasteiger partial charge in [-0.25, -0.2) is 0 Å². The fraction of sp³-hybridized carbons (Fsp3) is 0.0323. The first kappa shape index (κ1) is 34.5. The molecule has 0 aliphatic carbocycles. The van der Waals surface area contributed by atoms with Crippen LogP contribution in [0.5, 0.6) is 63.2 Å². The summed E-state index contributed by atoms with van der Waals surface area (Å²) < 4.78 is 0. The lowest BCUT2D eigenvalue weighted by molar-refractivity contribution is -0.114. The second-order valence-electron chi connectivity index (χ2n) is 8.88. The first-order valence-corrected chi connectivity index (χ1v) is 12.5. The zero-order valence-corrected chi connectivity index (χ0v) is 23.3. The number of hydrogen-bond acceptors (Lipinski definition) is 13. The number of phenols is 10. The van der Waals surface area contributed by atoms with Crippen LogP contribution in [-0.4, -0.2) is 62.1 Å². The molecular weight excluding hydrogens is 594 g/mol. The lowest BCUT2D eigenvalue weighted by atomic mass is 10.1. The van der Waals surface area contributed by atoms with E-state index in [4.69, 9.17) is 35.7 Å². The summed E-state index contributed by atoms with van der Waals surface area (Å²) in [5, 5.41) is 101. The Labute approximate surface area is 254 Å². The van der Waals surface area contributed by atoms with Gasteiger partial charge in [0.2, 0.25) is 17.1 Å². The van der Waals surface area contributed by atoms with E-state index >= 15 is 0 Å². The van der Waals surface area contributed by atoms with Crippen LogP contribution in [0.15, 0.2) is 89.7 Å². The number of anilines is 1.